The predicted octanol–water partition coefficient (Wildman–Crippen LogP) is 2.01. The first-order valence-corrected chi connectivity index (χ1v) is 4.92. The first-order chi connectivity index (χ1) is 6.82. The molecule has 0 radical (unpaired) electrons. The van der Waals surface area contributed by atoms with Crippen molar-refractivity contribution in [1.29, 1.82) is 0 Å². The number of rotatable bonds is 2. The van der Waals surface area contributed by atoms with E-state index >= 15 is 0 Å². The quantitative estimate of drug-likeness (QED) is 0.779. The Bertz CT molecular complexity index is 378. The van der Waals surface area contributed by atoms with Crippen LogP contribution in [0.15, 0.2) is 18.2 Å². The van der Waals surface area contributed by atoms with Crippen LogP contribution < -0.4 is 5.32 Å². The first kappa shape index (κ1) is 11.7. The fourth-order valence-corrected chi connectivity index (χ4v) is 1.16. The minimum atomic E-state index is -1.35. The van der Waals surface area contributed by atoms with E-state index in [1.165, 1.54) is 13.8 Å². The molecular weight excluding hydrogens is 190 g/mol. The molecule has 2 N–H and O–H groups in total. The molecule has 1 rings (SSSR count). The topological polar surface area (TPSA) is 49.3 Å². The van der Waals surface area contributed by atoms with E-state index in [1.807, 2.05) is 32.0 Å². The number of carbonyl (C=O) groups excluding carboxylic acids is 1. The average Bonchev–Trinajstić information content (AvgIpc) is 2.11. The SMILES string of the molecule is Cc1cccc(NC(=O)C(C)(C)O)c1C. The Morgan fingerprint density at radius 3 is 2.47 bits per heavy atom. The highest BCUT2D eigenvalue weighted by molar-refractivity contribution is 5.97. The molecule has 1 amide bonds. The van der Waals surface area contributed by atoms with Gasteiger partial charge in [0.2, 0.25) is 0 Å². The number of nitrogens with one attached hydrogen (secondary N) is 1. The second kappa shape index (κ2) is 4.03. The maximum absolute atomic E-state index is 11.5. The lowest BCUT2D eigenvalue weighted by atomic mass is 10.1. The summed E-state index contributed by atoms with van der Waals surface area (Å²) in [7, 11) is 0. The molecule has 0 aromatic heterocycles. The second-order valence-corrected chi connectivity index (χ2v) is 4.26. The lowest BCUT2D eigenvalue weighted by Crippen LogP contribution is -2.36. The van der Waals surface area contributed by atoms with E-state index < -0.39 is 11.5 Å². The Hall–Kier alpha value is -1.35. The fraction of sp³-hybridized carbons (Fsp3) is 0.417. The molecule has 0 bridgehead atoms. The van der Waals surface area contributed by atoms with Gasteiger partial charge >= 0.3 is 0 Å². The van der Waals surface area contributed by atoms with Gasteiger partial charge in [0, 0.05) is 5.69 Å². The third-order valence-corrected chi connectivity index (χ3v) is 2.41. The number of hydrogen-bond donors (Lipinski definition) is 2. The first-order valence-electron chi connectivity index (χ1n) is 4.92. The zero-order valence-electron chi connectivity index (χ0n) is 9.59. The van der Waals surface area contributed by atoms with Gasteiger partial charge in [-0.15, -0.1) is 0 Å². The summed E-state index contributed by atoms with van der Waals surface area (Å²) in [6.45, 7) is 6.85. The van der Waals surface area contributed by atoms with Crippen molar-refractivity contribution in [3.8, 4) is 0 Å². The van der Waals surface area contributed by atoms with Crippen LogP contribution in [-0.2, 0) is 4.79 Å². The highest BCUT2D eigenvalue weighted by atomic mass is 16.3. The van der Waals surface area contributed by atoms with Gasteiger partial charge in [0.1, 0.15) is 5.60 Å². The highest BCUT2D eigenvalue weighted by Gasteiger charge is 2.24. The smallest absolute Gasteiger partial charge is 0.255 e. The minimum absolute atomic E-state index is 0.392. The third-order valence-electron chi connectivity index (χ3n) is 2.41. The minimum Gasteiger partial charge on any atom is -0.381 e. The van der Waals surface area contributed by atoms with Crippen LogP contribution >= 0.6 is 0 Å². The molecule has 3 heteroatoms. The summed E-state index contributed by atoms with van der Waals surface area (Å²) in [6, 6.07) is 5.68. The lowest BCUT2D eigenvalue weighted by molar-refractivity contribution is -0.130. The van der Waals surface area contributed by atoms with Gasteiger partial charge in [0.15, 0.2) is 0 Å². The molecule has 0 aliphatic carbocycles. The number of aryl methyl sites for hydroxylation is 1. The van der Waals surface area contributed by atoms with Crippen LogP contribution in [0.3, 0.4) is 0 Å². The molecule has 1 aromatic carbocycles. The largest absolute Gasteiger partial charge is 0.381 e. The molecule has 0 saturated carbocycles. The number of amides is 1. The van der Waals surface area contributed by atoms with E-state index in [9.17, 15) is 9.90 Å². The number of carbonyl (C=O) groups is 1. The maximum Gasteiger partial charge on any atom is 0.255 e. The summed E-state index contributed by atoms with van der Waals surface area (Å²) in [5.41, 5.74) is 1.54. The number of benzene rings is 1. The van der Waals surface area contributed by atoms with Crippen molar-refractivity contribution in [1.82, 2.24) is 0 Å². The molecule has 0 aliphatic rings. The van der Waals surface area contributed by atoms with Crippen molar-refractivity contribution in [3.63, 3.8) is 0 Å². The van der Waals surface area contributed by atoms with Gasteiger partial charge in [-0.1, -0.05) is 12.1 Å². The van der Waals surface area contributed by atoms with Crippen molar-refractivity contribution >= 4 is 11.6 Å². The van der Waals surface area contributed by atoms with Crippen molar-refractivity contribution in [3.05, 3.63) is 29.3 Å². The molecule has 0 unspecified atom stereocenters. The molecule has 0 heterocycles. The van der Waals surface area contributed by atoms with Crippen LogP contribution in [0.25, 0.3) is 0 Å². The molecule has 0 saturated heterocycles. The molecule has 1 aromatic rings. The van der Waals surface area contributed by atoms with Gasteiger partial charge in [-0.2, -0.15) is 0 Å². The molecule has 0 fully saturated rings. The van der Waals surface area contributed by atoms with E-state index in [4.69, 9.17) is 0 Å². The Kier molecular flexibility index (Phi) is 3.15. The van der Waals surface area contributed by atoms with Crippen LogP contribution in [0.5, 0.6) is 0 Å². The summed E-state index contributed by atoms with van der Waals surface area (Å²) in [4.78, 5) is 11.5. The van der Waals surface area contributed by atoms with E-state index in [1.54, 1.807) is 0 Å². The number of aliphatic hydroxyl groups is 1. The van der Waals surface area contributed by atoms with Crippen LogP contribution in [0.4, 0.5) is 5.69 Å². The van der Waals surface area contributed by atoms with Gasteiger partial charge in [0.05, 0.1) is 0 Å². The number of hydrogen-bond acceptors (Lipinski definition) is 2. The molecule has 3 nitrogen and oxygen atoms in total. The average molecular weight is 207 g/mol. The summed E-state index contributed by atoms with van der Waals surface area (Å²) < 4.78 is 0. The molecule has 82 valence electrons. The van der Waals surface area contributed by atoms with Crippen molar-refractivity contribution in [2.24, 2.45) is 0 Å². The molecule has 15 heavy (non-hydrogen) atoms. The van der Waals surface area contributed by atoms with Crippen LogP contribution in [0.1, 0.15) is 25.0 Å². The predicted molar refractivity (Wildman–Crippen MR) is 60.8 cm³/mol. The van der Waals surface area contributed by atoms with Crippen molar-refractivity contribution in [2.45, 2.75) is 33.3 Å². The molecule has 0 atom stereocenters. The third kappa shape index (κ3) is 2.80. The standard InChI is InChI=1S/C12H17NO2/c1-8-6-5-7-10(9(8)2)13-11(14)12(3,4)15/h5-7,15H,1-4H3,(H,13,14). The van der Waals surface area contributed by atoms with E-state index in [0.717, 1.165) is 16.8 Å². The second-order valence-electron chi connectivity index (χ2n) is 4.26. The molecule has 0 aliphatic heterocycles. The van der Waals surface area contributed by atoms with Gasteiger partial charge in [-0.05, 0) is 44.9 Å². The number of anilines is 1. The molecule has 0 spiro atoms. The summed E-state index contributed by atoms with van der Waals surface area (Å²) in [5.74, 6) is -0.392. The van der Waals surface area contributed by atoms with Crippen LogP contribution in [0.2, 0.25) is 0 Å². The highest BCUT2D eigenvalue weighted by Crippen LogP contribution is 2.19. The maximum atomic E-state index is 11.5. The lowest BCUT2D eigenvalue weighted by Gasteiger charge is -2.18. The van der Waals surface area contributed by atoms with E-state index in [-0.39, 0.29) is 0 Å². The van der Waals surface area contributed by atoms with Crippen LogP contribution in [0, 0.1) is 13.8 Å². The Morgan fingerprint density at radius 2 is 1.93 bits per heavy atom. The normalized spacial score (nSPS) is 11.3. The van der Waals surface area contributed by atoms with Gasteiger partial charge in [-0.25, -0.2) is 0 Å². The van der Waals surface area contributed by atoms with Gasteiger partial charge < -0.3 is 10.4 Å². The molecular formula is C12H17NO2. The zero-order chi connectivity index (χ0) is 11.6. The summed E-state index contributed by atoms with van der Waals surface area (Å²) in [5, 5.41) is 12.2. The Morgan fingerprint density at radius 1 is 1.33 bits per heavy atom. The summed E-state index contributed by atoms with van der Waals surface area (Å²) >= 11 is 0. The summed E-state index contributed by atoms with van der Waals surface area (Å²) in [6.07, 6.45) is 0. The van der Waals surface area contributed by atoms with Gasteiger partial charge in [0.25, 0.3) is 5.91 Å². The zero-order valence-corrected chi connectivity index (χ0v) is 9.59. The monoisotopic (exact) mass is 207 g/mol. The van der Waals surface area contributed by atoms with Crippen LogP contribution in [-0.4, -0.2) is 16.6 Å². The van der Waals surface area contributed by atoms with E-state index in [2.05, 4.69) is 5.32 Å². The fourth-order valence-electron chi connectivity index (χ4n) is 1.16. The Labute approximate surface area is 90.1 Å². The van der Waals surface area contributed by atoms with E-state index in [0.29, 0.717) is 0 Å². The van der Waals surface area contributed by atoms with Crippen molar-refractivity contribution in [2.75, 3.05) is 5.32 Å². The van der Waals surface area contributed by atoms with Crippen molar-refractivity contribution < 1.29 is 9.90 Å². The Balaban J connectivity index is 2.91. The van der Waals surface area contributed by atoms with Gasteiger partial charge in [-0.3, -0.25) is 4.79 Å².